The van der Waals surface area contributed by atoms with E-state index in [1.807, 2.05) is 42.1 Å². The lowest BCUT2D eigenvalue weighted by Gasteiger charge is -2.29. The molecule has 5 aromatic rings. The SMILES string of the molecule is Cn1ccnc1Sc1ccc(Nc2c(C#N)cnc3cc(-c4ccc(CN5CCC(O)CC5)cc4)ccc23)cc1Cl. The number of aryl methyl sites for hydroxylation is 1. The third-order valence-electron chi connectivity index (χ3n) is 7.42. The van der Waals surface area contributed by atoms with Crippen molar-refractivity contribution in [2.45, 2.75) is 35.5 Å². The van der Waals surface area contributed by atoms with Crippen LogP contribution in [-0.2, 0) is 13.6 Å². The Hall–Kier alpha value is -3.87. The highest BCUT2D eigenvalue weighted by Gasteiger charge is 2.17. The van der Waals surface area contributed by atoms with Gasteiger partial charge in [0.2, 0.25) is 0 Å². The summed E-state index contributed by atoms with van der Waals surface area (Å²) in [5, 5.41) is 25.3. The van der Waals surface area contributed by atoms with Gasteiger partial charge in [-0.05, 0) is 53.8 Å². The van der Waals surface area contributed by atoms with Gasteiger partial charge in [-0.1, -0.05) is 59.8 Å². The molecule has 2 N–H and O–H groups in total. The fourth-order valence-corrected chi connectivity index (χ4v) is 6.19. The Kier molecular flexibility index (Phi) is 7.95. The minimum Gasteiger partial charge on any atom is -0.393 e. The number of aliphatic hydroxyl groups is 1. The van der Waals surface area contributed by atoms with Crippen LogP contribution in [0.5, 0.6) is 0 Å². The van der Waals surface area contributed by atoms with Gasteiger partial charge in [0.15, 0.2) is 5.16 Å². The van der Waals surface area contributed by atoms with E-state index < -0.39 is 0 Å². The van der Waals surface area contributed by atoms with Gasteiger partial charge in [-0.3, -0.25) is 9.88 Å². The average molecular weight is 581 g/mol. The first-order chi connectivity index (χ1) is 20.0. The lowest BCUT2D eigenvalue weighted by Crippen LogP contribution is -2.35. The Bertz CT molecular complexity index is 1740. The van der Waals surface area contributed by atoms with Crippen LogP contribution in [0.25, 0.3) is 22.0 Å². The maximum atomic E-state index is 9.83. The molecule has 0 aliphatic carbocycles. The molecule has 0 atom stereocenters. The standard InChI is InChI=1S/C32H29ClN6OS/c1-38-15-12-35-32(38)41-30-9-7-25(17-28(30)33)37-31-24(18-34)19-36-29-16-23(6-8-27(29)31)22-4-2-21(3-5-22)20-39-13-10-26(40)11-14-39/h2-9,12,15-17,19,26,40H,10-11,13-14,20H2,1H3,(H,36,37). The van der Waals surface area contributed by atoms with Crippen LogP contribution in [-0.4, -0.2) is 43.7 Å². The third-order valence-corrected chi connectivity index (χ3v) is 9.00. The fraction of sp³-hybridized carbons (Fsp3) is 0.219. The zero-order valence-electron chi connectivity index (χ0n) is 22.6. The van der Waals surface area contributed by atoms with Gasteiger partial charge < -0.3 is 15.0 Å². The van der Waals surface area contributed by atoms with E-state index >= 15 is 0 Å². The topological polar surface area (TPSA) is 90.0 Å². The summed E-state index contributed by atoms with van der Waals surface area (Å²) in [6.07, 6.45) is 6.80. The van der Waals surface area contributed by atoms with Crippen LogP contribution in [0.3, 0.4) is 0 Å². The quantitative estimate of drug-likeness (QED) is 0.214. The summed E-state index contributed by atoms with van der Waals surface area (Å²) < 4.78 is 1.94. The number of halogens is 1. The summed E-state index contributed by atoms with van der Waals surface area (Å²) in [6.45, 7) is 2.76. The number of nitrogens with zero attached hydrogens (tertiary/aromatic N) is 5. The lowest BCUT2D eigenvalue weighted by atomic mass is 10.0. The van der Waals surface area contributed by atoms with E-state index in [0.717, 1.165) is 70.2 Å². The van der Waals surface area contributed by atoms with E-state index in [-0.39, 0.29) is 6.10 Å². The number of nitrogens with one attached hydrogen (secondary N) is 1. The van der Waals surface area contributed by atoms with Gasteiger partial charge in [0, 0.05) is 61.2 Å². The van der Waals surface area contributed by atoms with Crippen LogP contribution < -0.4 is 5.32 Å². The highest BCUT2D eigenvalue weighted by atomic mass is 35.5. The molecule has 6 rings (SSSR count). The number of aliphatic hydroxyl groups excluding tert-OH is 1. The number of hydrogen-bond acceptors (Lipinski definition) is 7. The Morgan fingerprint density at radius 2 is 1.83 bits per heavy atom. The van der Waals surface area contributed by atoms with Crippen molar-refractivity contribution in [1.82, 2.24) is 19.4 Å². The zero-order chi connectivity index (χ0) is 28.3. The smallest absolute Gasteiger partial charge is 0.172 e. The molecule has 0 spiro atoms. The predicted octanol–water partition coefficient (Wildman–Crippen LogP) is 7.01. The number of aromatic nitrogens is 3. The van der Waals surface area contributed by atoms with Crippen molar-refractivity contribution in [3.8, 4) is 17.2 Å². The zero-order valence-corrected chi connectivity index (χ0v) is 24.2. The van der Waals surface area contributed by atoms with Gasteiger partial charge in [0.25, 0.3) is 0 Å². The minimum atomic E-state index is -0.157. The molecule has 3 heterocycles. The molecule has 0 bridgehead atoms. The van der Waals surface area contributed by atoms with Crippen LogP contribution in [0.4, 0.5) is 11.4 Å². The molecule has 41 heavy (non-hydrogen) atoms. The number of pyridine rings is 1. The fourth-order valence-electron chi connectivity index (χ4n) is 5.09. The summed E-state index contributed by atoms with van der Waals surface area (Å²) in [7, 11) is 1.95. The number of hydrogen-bond donors (Lipinski definition) is 2. The highest BCUT2D eigenvalue weighted by molar-refractivity contribution is 7.99. The number of imidazole rings is 1. The maximum Gasteiger partial charge on any atom is 0.172 e. The normalized spacial score (nSPS) is 14.3. The molecule has 0 radical (unpaired) electrons. The second kappa shape index (κ2) is 11.9. The van der Waals surface area contributed by atoms with Gasteiger partial charge in [-0.15, -0.1) is 0 Å². The van der Waals surface area contributed by atoms with Crippen LogP contribution in [0.2, 0.25) is 5.02 Å². The van der Waals surface area contributed by atoms with Gasteiger partial charge in [-0.2, -0.15) is 5.26 Å². The number of rotatable bonds is 7. The van der Waals surface area contributed by atoms with Crippen molar-refractivity contribution in [3.05, 3.63) is 95.4 Å². The van der Waals surface area contributed by atoms with Gasteiger partial charge in [-0.25, -0.2) is 4.98 Å². The molecular formula is C32H29ClN6OS. The molecule has 1 aliphatic rings. The molecule has 1 saturated heterocycles. The van der Waals surface area contributed by atoms with E-state index in [2.05, 4.69) is 62.7 Å². The first kappa shape index (κ1) is 27.3. The summed E-state index contributed by atoms with van der Waals surface area (Å²) in [5.41, 5.74) is 6.18. The largest absolute Gasteiger partial charge is 0.393 e. The van der Waals surface area contributed by atoms with Gasteiger partial charge >= 0.3 is 0 Å². The molecule has 1 fully saturated rings. The van der Waals surface area contributed by atoms with Crippen LogP contribution in [0.15, 0.2) is 89.3 Å². The average Bonchev–Trinajstić information content (AvgIpc) is 3.40. The van der Waals surface area contributed by atoms with Crippen molar-refractivity contribution >= 4 is 45.6 Å². The molecule has 0 saturated carbocycles. The summed E-state index contributed by atoms with van der Waals surface area (Å²) in [4.78, 5) is 12.2. The number of benzene rings is 3. The van der Waals surface area contributed by atoms with E-state index in [9.17, 15) is 10.4 Å². The third kappa shape index (κ3) is 6.09. The van der Waals surface area contributed by atoms with Crippen molar-refractivity contribution in [2.75, 3.05) is 18.4 Å². The van der Waals surface area contributed by atoms with Crippen molar-refractivity contribution in [3.63, 3.8) is 0 Å². The Morgan fingerprint density at radius 3 is 2.54 bits per heavy atom. The summed E-state index contributed by atoms with van der Waals surface area (Å²) >= 11 is 8.13. The predicted molar refractivity (Wildman–Crippen MR) is 164 cm³/mol. The van der Waals surface area contributed by atoms with Crippen molar-refractivity contribution < 1.29 is 5.11 Å². The molecule has 3 aromatic carbocycles. The highest BCUT2D eigenvalue weighted by Crippen LogP contribution is 2.36. The Balaban J connectivity index is 1.22. The monoisotopic (exact) mass is 580 g/mol. The summed E-state index contributed by atoms with van der Waals surface area (Å²) in [6, 6.07) is 22.8. The maximum absolute atomic E-state index is 9.83. The van der Waals surface area contributed by atoms with E-state index in [0.29, 0.717) is 16.3 Å². The number of anilines is 2. The molecule has 0 unspecified atom stereocenters. The Labute approximate surface area is 248 Å². The summed E-state index contributed by atoms with van der Waals surface area (Å²) in [5.74, 6) is 0. The van der Waals surface area contributed by atoms with Crippen LogP contribution in [0, 0.1) is 11.3 Å². The molecule has 0 amide bonds. The molecule has 9 heteroatoms. The first-order valence-electron chi connectivity index (χ1n) is 13.5. The molecule has 1 aliphatic heterocycles. The van der Waals surface area contributed by atoms with Crippen LogP contribution in [0.1, 0.15) is 24.0 Å². The number of nitriles is 1. The molecule has 2 aromatic heterocycles. The molecule has 7 nitrogen and oxygen atoms in total. The molecule has 206 valence electrons. The molecular weight excluding hydrogens is 552 g/mol. The first-order valence-corrected chi connectivity index (χ1v) is 14.7. The lowest BCUT2D eigenvalue weighted by molar-refractivity contribution is 0.0792. The van der Waals surface area contributed by atoms with Crippen molar-refractivity contribution in [2.24, 2.45) is 7.05 Å². The Morgan fingerprint density at radius 1 is 1.05 bits per heavy atom. The van der Waals surface area contributed by atoms with Crippen LogP contribution >= 0.6 is 23.4 Å². The number of fused-ring (bicyclic) bond motifs is 1. The van der Waals surface area contributed by atoms with E-state index in [1.165, 1.54) is 17.3 Å². The van der Waals surface area contributed by atoms with E-state index in [1.54, 1.807) is 12.4 Å². The number of piperidine rings is 1. The minimum absolute atomic E-state index is 0.157. The van der Waals surface area contributed by atoms with Crippen molar-refractivity contribution in [1.29, 1.82) is 5.26 Å². The number of likely N-dealkylation sites (tertiary alicyclic amines) is 1. The van der Waals surface area contributed by atoms with E-state index in [4.69, 9.17) is 11.6 Å². The second-order valence-corrected chi connectivity index (χ2v) is 11.7. The second-order valence-electron chi connectivity index (χ2n) is 10.3. The van der Waals surface area contributed by atoms with Gasteiger partial charge in [0.1, 0.15) is 6.07 Å². The van der Waals surface area contributed by atoms with Gasteiger partial charge in [0.05, 0.1) is 27.9 Å².